The van der Waals surface area contributed by atoms with Gasteiger partial charge in [0.2, 0.25) is 0 Å². The van der Waals surface area contributed by atoms with E-state index in [9.17, 15) is 28.0 Å². The summed E-state index contributed by atoms with van der Waals surface area (Å²) in [5, 5.41) is 0. The summed E-state index contributed by atoms with van der Waals surface area (Å²) >= 11 is 0. The van der Waals surface area contributed by atoms with E-state index in [1.807, 2.05) is 0 Å². The van der Waals surface area contributed by atoms with Crippen molar-refractivity contribution in [2.45, 2.75) is 40.9 Å². The third kappa shape index (κ3) is 7.91. The van der Waals surface area contributed by atoms with Crippen LogP contribution in [0.5, 0.6) is 11.5 Å². The summed E-state index contributed by atoms with van der Waals surface area (Å²) < 4.78 is 48.3. The Morgan fingerprint density at radius 3 is 1.23 bits per heavy atom. The lowest BCUT2D eigenvalue weighted by Crippen LogP contribution is -2.14. The number of hydrogen-bond acceptors (Lipinski definition) is 8. The maximum atomic E-state index is 13.6. The van der Waals surface area contributed by atoms with Crippen molar-refractivity contribution >= 4 is 23.9 Å². The number of hydrogen-bond donors (Lipinski definition) is 0. The van der Waals surface area contributed by atoms with E-state index in [4.69, 9.17) is 18.9 Å². The molecule has 0 aliphatic heterocycles. The van der Waals surface area contributed by atoms with Crippen molar-refractivity contribution in [1.29, 1.82) is 0 Å². The van der Waals surface area contributed by atoms with E-state index in [0.717, 1.165) is 0 Å². The molecule has 0 radical (unpaired) electrons. The molecule has 4 aromatic carbocycles. The molecule has 8 nitrogen and oxygen atoms in total. The Labute approximate surface area is 252 Å². The quantitative estimate of drug-likeness (QED) is 0.152. The number of halogens is 2. The number of esters is 4. The summed E-state index contributed by atoms with van der Waals surface area (Å²) in [6, 6.07) is 16.5. The molecule has 0 aliphatic carbocycles. The molecular weight excluding hydrogens is 574 g/mol. The van der Waals surface area contributed by atoms with Gasteiger partial charge >= 0.3 is 23.9 Å². The maximum Gasteiger partial charge on any atom is 0.339 e. The molecule has 4 rings (SSSR count). The van der Waals surface area contributed by atoms with Crippen LogP contribution < -0.4 is 9.47 Å². The van der Waals surface area contributed by atoms with Crippen molar-refractivity contribution in [3.05, 3.63) is 118 Å². The first-order valence-corrected chi connectivity index (χ1v) is 13.4. The second kappa shape index (κ2) is 13.7. The number of carbonyl (C=O) groups is 4. The van der Waals surface area contributed by atoms with Crippen LogP contribution in [-0.2, 0) is 32.3 Å². The summed E-state index contributed by atoms with van der Waals surface area (Å²) in [4.78, 5) is 50.6. The van der Waals surface area contributed by atoms with Crippen molar-refractivity contribution in [3.8, 4) is 22.6 Å². The lowest BCUT2D eigenvalue weighted by molar-refractivity contribution is -0.132. The summed E-state index contributed by atoms with van der Waals surface area (Å²) in [6.07, 6.45) is 0. The fourth-order valence-corrected chi connectivity index (χ4v) is 4.56. The second-order valence-electron chi connectivity index (χ2n) is 9.92. The van der Waals surface area contributed by atoms with Crippen LogP contribution in [-0.4, -0.2) is 23.9 Å². The van der Waals surface area contributed by atoms with E-state index in [0.29, 0.717) is 22.3 Å². The second-order valence-corrected chi connectivity index (χ2v) is 9.92. The minimum atomic E-state index is -0.810. The van der Waals surface area contributed by atoms with Gasteiger partial charge in [0, 0.05) is 25.0 Å². The molecule has 0 aliphatic rings. The molecule has 0 saturated carbocycles. The molecule has 0 unspecified atom stereocenters. The average molecular weight is 603 g/mol. The molecule has 0 amide bonds. The molecule has 0 spiro atoms. The molecule has 226 valence electrons. The van der Waals surface area contributed by atoms with Gasteiger partial charge in [-0.15, -0.1) is 0 Å². The van der Waals surface area contributed by atoms with Crippen LogP contribution in [0.2, 0.25) is 0 Å². The fourth-order valence-electron chi connectivity index (χ4n) is 4.56. The highest BCUT2D eigenvalue weighted by Gasteiger charge is 2.26. The zero-order chi connectivity index (χ0) is 32.0. The number of ether oxygens (including phenoxy) is 4. The van der Waals surface area contributed by atoms with Crippen LogP contribution in [0.15, 0.2) is 72.8 Å². The van der Waals surface area contributed by atoms with Crippen LogP contribution in [0.4, 0.5) is 8.78 Å². The summed E-state index contributed by atoms with van der Waals surface area (Å²) in [6.45, 7) is 5.36. The van der Waals surface area contributed by atoms with Crippen molar-refractivity contribution in [3.63, 3.8) is 0 Å². The van der Waals surface area contributed by atoms with Gasteiger partial charge < -0.3 is 18.9 Å². The topological polar surface area (TPSA) is 105 Å². The Bertz CT molecular complexity index is 1600. The Hall–Kier alpha value is -5.38. The first-order valence-electron chi connectivity index (χ1n) is 13.4. The van der Waals surface area contributed by atoms with Gasteiger partial charge in [-0.3, -0.25) is 9.59 Å². The predicted molar refractivity (Wildman–Crippen MR) is 155 cm³/mol. The number of aryl methyl sites for hydroxylation is 2. The van der Waals surface area contributed by atoms with Crippen molar-refractivity contribution in [1.82, 2.24) is 0 Å². The van der Waals surface area contributed by atoms with Crippen molar-refractivity contribution in [2.24, 2.45) is 0 Å². The minimum Gasteiger partial charge on any atom is -0.457 e. The molecule has 44 heavy (non-hydrogen) atoms. The van der Waals surface area contributed by atoms with Crippen LogP contribution >= 0.6 is 0 Å². The molecule has 10 heteroatoms. The highest BCUT2D eigenvalue weighted by molar-refractivity contribution is 6.05. The Morgan fingerprint density at radius 1 is 0.568 bits per heavy atom. The van der Waals surface area contributed by atoms with Crippen LogP contribution in [0.25, 0.3) is 11.1 Å². The summed E-state index contributed by atoms with van der Waals surface area (Å²) in [5.74, 6) is -3.60. The SMILES string of the molecule is CC(=O)Oc1cc(C)c(-c2c(C)cc(OC(C)=O)cc2C(=O)OCc2ccc(F)cc2)c(C(=O)OCc2ccc(F)cc2)c1. The van der Waals surface area contributed by atoms with E-state index in [2.05, 4.69) is 0 Å². The van der Waals surface area contributed by atoms with Gasteiger partial charge in [-0.05, 0) is 84.6 Å². The average Bonchev–Trinajstić information content (AvgIpc) is 2.95. The van der Waals surface area contributed by atoms with Crippen LogP contribution in [0.1, 0.15) is 56.8 Å². The monoisotopic (exact) mass is 602 g/mol. The van der Waals surface area contributed by atoms with Crippen molar-refractivity contribution in [2.75, 3.05) is 0 Å². The predicted octanol–water partition coefficient (Wildman–Crippen LogP) is 6.81. The molecule has 0 fully saturated rings. The molecule has 0 N–H and O–H groups in total. The molecule has 0 aromatic heterocycles. The fraction of sp³-hybridized carbons (Fsp3) is 0.176. The maximum absolute atomic E-state index is 13.6. The van der Waals surface area contributed by atoms with Gasteiger partial charge in [-0.25, -0.2) is 18.4 Å². The lowest BCUT2D eigenvalue weighted by Gasteiger charge is -2.20. The smallest absolute Gasteiger partial charge is 0.339 e. The zero-order valence-corrected chi connectivity index (χ0v) is 24.4. The van der Waals surface area contributed by atoms with Crippen LogP contribution in [0.3, 0.4) is 0 Å². The minimum absolute atomic E-state index is 0.0284. The number of carbonyl (C=O) groups excluding carboxylic acids is 4. The van der Waals surface area contributed by atoms with E-state index in [1.165, 1.54) is 86.6 Å². The third-order valence-corrected chi connectivity index (χ3v) is 6.40. The van der Waals surface area contributed by atoms with E-state index >= 15 is 0 Å². The van der Waals surface area contributed by atoms with Crippen molar-refractivity contribution < 1.29 is 46.9 Å². The van der Waals surface area contributed by atoms with Gasteiger partial charge in [0.1, 0.15) is 36.3 Å². The highest BCUT2D eigenvalue weighted by atomic mass is 19.1. The summed E-state index contributed by atoms with van der Waals surface area (Å²) in [7, 11) is 0. The van der Waals surface area contributed by atoms with Crippen LogP contribution in [0, 0.1) is 25.5 Å². The molecule has 4 aromatic rings. The Kier molecular flexibility index (Phi) is 9.85. The standard InChI is InChI=1S/C34H28F2O8/c1-19-13-27(43-21(3)37)15-29(33(39)41-17-23-5-9-25(35)10-6-23)31(19)32-20(2)14-28(44-22(4)38)16-30(32)34(40)42-18-24-7-11-26(36)12-8-24/h5-16H,17-18H2,1-4H3. The molecular formula is C34H28F2O8. The first kappa shape index (κ1) is 31.6. The van der Waals surface area contributed by atoms with E-state index in [-0.39, 0.29) is 47.0 Å². The number of rotatable bonds is 9. The molecule has 0 bridgehead atoms. The Morgan fingerprint density at radius 2 is 0.909 bits per heavy atom. The van der Waals surface area contributed by atoms with E-state index in [1.54, 1.807) is 13.8 Å². The summed E-state index contributed by atoms with van der Waals surface area (Å²) in [5.41, 5.74) is 2.47. The zero-order valence-electron chi connectivity index (χ0n) is 24.4. The third-order valence-electron chi connectivity index (χ3n) is 6.40. The molecule has 0 saturated heterocycles. The van der Waals surface area contributed by atoms with Gasteiger partial charge in [0.15, 0.2) is 0 Å². The Balaban J connectivity index is 1.82. The van der Waals surface area contributed by atoms with E-state index < -0.39 is 35.5 Å². The largest absolute Gasteiger partial charge is 0.457 e. The molecule has 0 atom stereocenters. The van der Waals surface area contributed by atoms with Gasteiger partial charge in [-0.1, -0.05) is 24.3 Å². The first-order chi connectivity index (χ1) is 20.9. The highest BCUT2D eigenvalue weighted by Crippen LogP contribution is 2.39. The van der Waals surface area contributed by atoms with Gasteiger partial charge in [0.05, 0.1) is 11.1 Å². The molecule has 0 heterocycles. The number of benzene rings is 4. The van der Waals surface area contributed by atoms with Gasteiger partial charge in [0.25, 0.3) is 0 Å². The lowest BCUT2D eigenvalue weighted by atomic mass is 9.88. The normalized spacial score (nSPS) is 10.6. The van der Waals surface area contributed by atoms with Gasteiger partial charge in [-0.2, -0.15) is 0 Å².